The Morgan fingerprint density at radius 2 is 2.07 bits per heavy atom. The SMILES string of the molecule is Cc1noc(C)c1-c1ccc2nc([C@@H]3CCC(=O)N3c3ccc(Cl)c(F)c3)[nH]c2c1. The van der Waals surface area contributed by atoms with Crippen molar-refractivity contribution >= 4 is 34.2 Å². The van der Waals surface area contributed by atoms with Crippen molar-refractivity contribution < 1.29 is 13.7 Å². The van der Waals surface area contributed by atoms with Crippen molar-refractivity contribution in [2.24, 2.45) is 0 Å². The maximum Gasteiger partial charge on any atom is 0.227 e. The molecule has 2 aromatic carbocycles. The normalized spacial score (nSPS) is 16.7. The van der Waals surface area contributed by atoms with Crippen molar-refractivity contribution in [2.45, 2.75) is 32.7 Å². The van der Waals surface area contributed by atoms with E-state index in [0.717, 1.165) is 33.6 Å². The number of hydrogen-bond donors (Lipinski definition) is 1. The first-order valence-electron chi connectivity index (χ1n) is 9.62. The van der Waals surface area contributed by atoms with Crippen LogP contribution >= 0.6 is 11.6 Å². The highest BCUT2D eigenvalue weighted by molar-refractivity contribution is 6.30. The van der Waals surface area contributed by atoms with Crippen LogP contribution in [0.4, 0.5) is 10.1 Å². The predicted molar refractivity (Wildman–Crippen MR) is 112 cm³/mol. The molecule has 8 heteroatoms. The third kappa shape index (κ3) is 2.97. The second kappa shape index (κ2) is 6.95. The number of aryl methyl sites for hydroxylation is 2. The molecule has 1 fully saturated rings. The Morgan fingerprint density at radius 3 is 2.80 bits per heavy atom. The molecule has 0 bridgehead atoms. The third-order valence-electron chi connectivity index (χ3n) is 5.53. The molecular weight excluding hydrogens is 407 g/mol. The first-order valence-corrected chi connectivity index (χ1v) is 10.00. The van der Waals surface area contributed by atoms with Crippen LogP contribution in [0.15, 0.2) is 40.9 Å². The number of anilines is 1. The van der Waals surface area contributed by atoms with E-state index in [2.05, 4.69) is 10.1 Å². The first kappa shape index (κ1) is 18.8. The number of fused-ring (bicyclic) bond motifs is 1. The molecule has 5 rings (SSSR count). The van der Waals surface area contributed by atoms with E-state index in [0.29, 0.717) is 24.4 Å². The lowest BCUT2D eigenvalue weighted by atomic mass is 10.0. The van der Waals surface area contributed by atoms with Crippen molar-refractivity contribution in [3.8, 4) is 11.1 Å². The number of carbonyl (C=O) groups is 1. The van der Waals surface area contributed by atoms with Crippen LogP contribution in [-0.2, 0) is 4.79 Å². The molecule has 1 saturated heterocycles. The van der Waals surface area contributed by atoms with Crippen LogP contribution < -0.4 is 4.90 Å². The molecular formula is C22H18ClFN4O2. The summed E-state index contributed by atoms with van der Waals surface area (Å²) in [5.41, 5.74) is 4.88. The molecule has 152 valence electrons. The Labute approximate surface area is 176 Å². The number of amides is 1. The van der Waals surface area contributed by atoms with Crippen molar-refractivity contribution in [3.05, 3.63) is 64.5 Å². The number of hydrogen-bond acceptors (Lipinski definition) is 4. The maximum absolute atomic E-state index is 14.0. The summed E-state index contributed by atoms with van der Waals surface area (Å²) in [7, 11) is 0. The quantitative estimate of drug-likeness (QED) is 0.471. The van der Waals surface area contributed by atoms with Gasteiger partial charge in [-0.3, -0.25) is 4.79 Å². The lowest BCUT2D eigenvalue weighted by Gasteiger charge is -2.23. The van der Waals surface area contributed by atoms with E-state index in [1.54, 1.807) is 11.0 Å². The minimum atomic E-state index is -0.554. The van der Waals surface area contributed by atoms with Gasteiger partial charge in [-0.15, -0.1) is 0 Å². The van der Waals surface area contributed by atoms with Gasteiger partial charge in [-0.2, -0.15) is 0 Å². The maximum atomic E-state index is 14.0. The number of H-pyrrole nitrogens is 1. The van der Waals surface area contributed by atoms with Gasteiger partial charge in [0, 0.05) is 17.7 Å². The summed E-state index contributed by atoms with van der Waals surface area (Å²) >= 11 is 5.80. The molecule has 6 nitrogen and oxygen atoms in total. The number of nitrogens with zero attached hydrogens (tertiary/aromatic N) is 3. The average molecular weight is 425 g/mol. The summed E-state index contributed by atoms with van der Waals surface area (Å²) in [5, 5.41) is 4.05. The summed E-state index contributed by atoms with van der Waals surface area (Å²) in [6.45, 7) is 3.78. The van der Waals surface area contributed by atoms with Crippen LogP contribution in [-0.4, -0.2) is 21.0 Å². The van der Waals surface area contributed by atoms with Crippen molar-refractivity contribution in [3.63, 3.8) is 0 Å². The number of aromatic amines is 1. The minimum absolute atomic E-state index is 0.0255. The van der Waals surface area contributed by atoms with Gasteiger partial charge in [0.1, 0.15) is 17.4 Å². The number of aromatic nitrogens is 3. The second-order valence-electron chi connectivity index (χ2n) is 7.47. The highest BCUT2D eigenvalue weighted by Crippen LogP contribution is 2.38. The molecule has 2 aromatic heterocycles. The van der Waals surface area contributed by atoms with Gasteiger partial charge in [0.05, 0.1) is 27.8 Å². The fraction of sp³-hybridized carbons (Fsp3) is 0.227. The van der Waals surface area contributed by atoms with Crippen LogP contribution in [0.3, 0.4) is 0 Å². The second-order valence-corrected chi connectivity index (χ2v) is 7.88. The Hall–Kier alpha value is -3.19. The van der Waals surface area contributed by atoms with Gasteiger partial charge in [0.15, 0.2) is 0 Å². The zero-order valence-electron chi connectivity index (χ0n) is 16.4. The van der Waals surface area contributed by atoms with Crippen LogP contribution in [0.2, 0.25) is 5.02 Å². The van der Waals surface area contributed by atoms with E-state index in [9.17, 15) is 9.18 Å². The minimum Gasteiger partial charge on any atom is -0.361 e. The molecule has 0 radical (unpaired) electrons. The molecule has 4 aromatic rings. The van der Waals surface area contributed by atoms with Crippen molar-refractivity contribution in [1.29, 1.82) is 0 Å². The van der Waals surface area contributed by atoms with E-state index in [-0.39, 0.29) is 17.0 Å². The summed E-state index contributed by atoms with van der Waals surface area (Å²) in [6.07, 6.45) is 0.968. The van der Waals surface area contributed by atoms with E-state index in [4.69, 9.17) is 21.1 Å². The fourth-order valence-corrected chi connectivity index (χ4v) is 4.26. The molecule has 0 unspecified atom stereocenters. The molecule has 1 atom stereocenters. The highest BCUT2D eigenvalue weighted by atomic mass is 35.5. The van der Waals surface area contributed by atoms with Crippen LogP contribution in [0, 0.1) is 19.7 Å². The molecule has 1 amide bonds. The van der Waals surface area contributed by atoms with E-state index >= 15 is 0 Å². The number of halogens is 2. The molecule has 30 heavy (non-hydrogen) atoms. The van der Waals surface area contributed by atoms with Crippen LogP contribution in [0.5, 0.6) is 0 Å². The first-order chi connectivity index (χ1) is 14.4. The van der Waals surface area contributed by atoms with E-state index < -0.39 is 5.82 Å². The summed E-state index contributed by atoms with van der Waals surface area (Å²) in [4.78, 5) is 22.2. The number of benzene rings is 2. The van der Waals surface area contributed by atoms with Gasteiger partial charge < -0.3 is 14.4 Å². The van der Waals surface area contributed by atoms with Gasteiger partial charge in [0.2, 0.25) is 5.91 Å². The largest absolute Gasteiger partial charge is 0.361 e. The van der Waals surface area contributed by atoms with Gasteiger partial charge in [-0.05, 0) is 56.2 Å². The van der Waals surface area contributed by atoms with Gasteiger partial charge in [-0.25, -0.2) is 9.37 Å². The van der Waals surface area contributed by atoms with E-state index in [1.807, 2.05) is 32.0 Å². The average Bonchev–Trinajstić information content (AvgIpc) is 3.40. The van der Waals surface area contributed by atoms with Crippen LogP contribution in [0.1, 0.15) is 36.2 Å². The Bertz CT molecular complexity index is 1280. The molecule has 1 aliphatic heterocycles. The van der Waals surface area contributed by atoms with Gasteiger partial charge >= 0.3 is 0 Å². The zero-order valence-corrected chi connectivity index (χ0v) is 17.1. The monoisotopic (exact) mass is 424 g/mol. The molecule has 0 spiro atoms. The summed E-state index contributed by atoms with van der Waals surface area (Å²) in [5.74, 6) is 0.797. The zero-order chi connectivity index (χ0) is 21.0. The fourth-order valence-electron chi connectivity index (χ4n) is 4.14. The predicted octanol–water partition coefficient (Wildman–Crippen LogP) is 5.50. The third-order valence-corrected chi connectivity index (χ3v) is 5.84. The van der Waals surface area contributed by atoms with Crippen molar-refractivity contribution in [2.75, 3.05) is 4.90 Å². The molecule has 3 heterocycles. The molecule has 1 N–H and O–H groups in total. The topological polar surface area (TPSA) is 75.0 Å². The Kier molecular flexibility index (Phi) is 4.36. The summed E-state index contributed by atoms with van der Waals surface area (Å²) < 4.78 is 19.3. The van der Waals surface area contributed by atoms with E-state index in [1.165, 1.54) is 12.1 Å². The van der Waals surface area contributed by atoms with Crippen LogP contribution in [0.25, 0.3) is 22.2 Å². The molecule has 0 saturated carbocycles. The van der Waals surface area contributed by atoms with Crippen molar-refractivity contribution in [1.82, 2.24) is 15.1 Å². The lowest BCUT2D eigenvalue weighted by molar-refractivity contribution is -0.117. The number of imidazole rings is 1. The number of carbonyl (C=O) groups excluding carboxylic acids is 1. The number of nitrogens with one attached hydrogen (secondary N) is 1. The standard InChI is InChI=1S/C22H18ClFN4O2/c1-11-21(12(2)30-27-11)13-3-6-17-18(9-13)26-22(25-17)19-7-8-20(29)28(19)14-4-5-15(23)16(24)10-14/h3-6,9-10,19H,7-8H2,1-2H3,(H,25,26)/t19-/m0/s1. The summed E-state index contributed by atoms with van der Waals surface area (Å²) in [6, 6.07) is 10.0. The molecule has 0 aliphatic carbocycles. The number of rotatable bonds is 3. The highest BCUT2D eigenvalue weighted by Gasteiger charge is 2.35. The lowest BCUT2D eigenvalue weighted by Crippen LogP contribution is -2.28. The smallest absolute Gasteiger partial charge is 0.227 e. The Morgan fingerprint density at radius 1 is 1.23 bits per heavy atom. The Balaban J connectivity index is 1.55. The van der Waals surface area contributed by atoms with Gasteiger partial charge in [0.25, 0.3) is 0 Å². The van der Waals surface area contributed by atoms with Gasteiger partial charge in [-0.1, -0.05) is 22.8 Å². The molecule has 1 aliphatic rings.